The predicted octanol–water partition coefficient (Wildman–Crippen LogP) is 3.85. The number of hydrogen-bond donors (Lipinski definition) is 4. The lowest BCUT2D eigenvalue weighted by molar-refractivity contribution is -0.142. The van der Waals surface area contributed by atoms with Gasteiger partial charge in [-0.15, -0.1) is 0 Å². The fraction of sp³-hybridized carbons (Fsp3) is 0.448. The number of phenolic OH excluding ortho intramolecular Hbond substituents is 2. The molecule has 0 fully saturated rings. The molecule has 3 amide bonds. The van der Waals surface area contributed by atoms with E-state index < -0.39 is 47.7 Å². The van der Waals surface area contributed by atoms with Gasteiger partial charge < -0.3 is 30.5 Å². The van der Waals surface area contributed by atoms with E-state index in [1.165, 1.54) is 24.3 Å². The molecule has 2 atom stereocenters. The Morgan fingerprint density at radius 2 is 1.64 bits per heavy atom. The van der Waals surface area contributed by atoms with Crippen molar-refractivity contribution in [2.75, 3.05) is 6.54 Å². The highest BCUT2D eigenvalue weighted by Crippen LogP contribution is 2.28. The fourth-order valence-electron chi connectivity index (χ4n) is 3.85. The van der Waals surface area contributed by atoms with Gasteiger partial charge in [-0.1, -0.05) is 18.2 Å². The van der Waals surface area contributed by atoms with Gasteiger partial charge in [0.05, 0.1) is 6.07 Å². The van der Waals surface area contributed by atoms with E-state index in [4.69, 9.17) is 4.74 Å². The van der Waals surface area contributed by atoms with Gasteiger partial charge in [-0.3, -0.25) is 9.59 Å². The van der Waals surface area contributed by atoms with Gasteiger partial charge in [0, 0.05) is 12.0 Å². The first-order valence-electron chi connectivity index (χ1n) is 12.6. The lowest BCUT2D eigenvalue weighted by Crippen LogP contribution is -2.55. The molecule has 0 aliphatic rings. The molecular formula is C29H38N4O6. The zero-order valence-corrected chi connectivity index (χ0v) is 23.5. The van der Waals surface area contributed by atoms with Crippen LogP contribution in [0.25, 0.3) is 0 Å². The standard InChI is InChI=1S/C29H38N4O6/c1-18-16-20(10-13-23(18)35)24(25(36)32-28(2,3)4)33(15-14-30)26(37)22(31-27(38)39-29(5,6)7)17-19-8-11-21(34)12-9-19/h8-13,16,22,24,34-35H,15,17H2,1-7H3,(H,31,38)(H,32,36). The van der Waals surface area contributed by atoms with E-state index in [0.717, 1.165) is 4.90 Å². The average molecular weight is 539 g/mol. The van der Waals surface area contributed by atoms with Crippen molar-refractivity contribution >= 4 is 17.9 Å². The van der Waals surface area contributed by atoms with Crippen LogP contribution in [0.2, 0.25) is 0 Å². The van der Waals surface area contributed by atoms with Crippen LogP contribution in [-0.2, 0) is 20.7 Å². The third kappa shape index (κ3) is 9.52. The molecule has 0 spiro atoms. The Hall–Kier alpha value is -4.26. The molecule has 0 aromatic heterocycles. The number of nitrogens with one attached hydrogen (secondary N) is 2. The number of phenols is 2. The van der Waals surface area contributed by atoms with Crippen LogP contribution in [0, 0.1) is 18.3 Å². The average Bonchev–Trinajstić information content (AvgIpc) is 2.79. The molecule has 0 heterocycles. The van der Waals surface area contributed by atoms with Gasteiger partial charge >= 0.3 is 6.09 Å². The molecule has 0 saturated heterocycles. The molecule has 0 radical (unpaired) electrons. The van der Waals surface area contributed by atoms with E-state index in [-0.39, 0.29) is 17.9 Å². The maximum absolute atomic E-state index is 14.1. The van der Waals surface area contributed by atoms with E-state index in [2.05, 4.69) is 10.6 Å². The van der Waals surface area contributed by atoms with Crippen LogP contribution in [0.4, 0.5) is 4.79 Å². The molecule has 10 nitrogen and oxygen atoms in total. The number of ether oxygens (including phenoxy) is 1. The SMILES string of the molecule is Cc1cc(C(C(=O)NC(C)(C)C)N(CC#N)C(=O)C(Cc2ccc(O)cc2)NC(=O)OC(C)(C)C)ccc1O. The first-order valence-corrected chi connectivity index (χ1v) is 12.6. The monoisotopic (exact) mass is 538 g/mol. The van der Waals surface area contributed by atoms with Crippen LogP contribution in [0.1, 0.15) is 64.3 Å². The largest absolute Gasteiger partial charge is 0.508 e. The molecule has 2 aromatic rings. The molecule has 0 aliphatic heterocycles. The van der Waals surface area contributed by atoms with Crippen molar-refractivity contribution in [1.29, 1.82) is 5.26 Å². The lowest BCUT2D eigenvalue weighted by atomic mass is 9.97. The van der Waals surface area contributed by atoms with Gasteiger partial charge in [-0.05, 0) is 89.4 Å². The minimum Gasteiger partial charge on any atom is -0.508 e. The molecule has 2 unspecified atom stereocenters. The number of carbonyl (C=O) groups is 3. The Morgan fingerprint density at radius 1 is 1.03 bits per heavy atom. The number of benzene rings is 2. The topological polar surface area (TPSA) is 152 Å². The van der Waals surface area contributed by atoms with Crippen molar-refractivity contribution in [1.82, 2.24) is 15.5 Å². The Balaban J connectivity index is 2.59. The Kier molecular flexibility index (Phi) is 9.94. The number of carbonyl (C=O) groups excluding carboxylic acids is 3. The van der Waals surface area contributed by atoms with Gasteiger partial charge in [0.2, 0.25) is 11.8 Å². The van der Waals surface area contributed by atoms with Crippen LogP contribution in [0.3, 0.4) is 0 Å². The summed E-state index contributed by atoms with van der Waals surface area (Å²) in [6.07, 6.45) is -0.838. The van der Waals surface area contributed by atoms with E-state index in [1.807, 2.05) is 6.07 Å². The molecule has 0 bridgehead atoms. The van der Waals surface area contributed by atoms with Gasteiger partial charge in [0.15, 0.2) is 0 Å². The second kappa shape index (κ2) is 12.5. The second-order valence-electron chi connectivity index (χ2n) is 11.4. The number of aryl methyl sites for hydroxylation is 1. The van der Waals surface area contributed by atoms with E-state index in [1.54, 1.807) is 66.7 Å². The first kappa shape index (κ1) is 31.0. The lowest BCUT2D eigenvalue weighted by Gasteiger charge is -2.34. The maximum Gasteiger partial charge on any atom is 0.408 e. The van der Waals surface area contributed by atoms with E-state index >= 15 is 0 Å². The van der Waals surface area contributed by atoms with Crippen molar-refractivity contribution in [3.63, 3.8) is 0 Å². The molecule has 4 N–H and O–H groups in total. The summed E-state index contributed by atoms with van der Waals surface area (Å²) >= 11 is 0. The summed E-state index contributed by atoms with van der Waals surface area (Å²) in [6.45, 7) is 11.6. The van der Waals surface area contributed by atoms with E-state index in [9.17, 15) is 29.9 Å². The van der Waals surface area contributed by atoms with E-state index in [0.29, 0.717) is 16.7 Å². The summed E-state index contributed by atoms with van der Waals surface area (Å²) in [7, 11) is 0. The Bertz CT molecular complexity index is 1220. The highest BCUT2D eigenvalue weighted by Gasteiger charge is 2.37. The number of hydrogen-bond acceptors (Lipinski definition) is 7. The Labute approximate surface area is 229 Å². The van der Waals surface area contributed by atoms with Gasteiger partial charge in [0.1, 0.15) is 35.7 Å². The highest BCUT2D eigenvalue weighted by atomic mass is 16.6. The highest BCUT2D eigenvalue weighted by molar-refractivity contribution is 5.92. The number of nitriles is 1. The molecular weight excluding hydrogens is 500 g/mol. The van der Waals surface area contributed by atoms with Crippen molar-refractivity contribution < 1.29 is 29.3 Å². The number of aromatic hydroxyl groups is 2. The molecule has 2 aromatic carbocycles. The normalized spacial score (nSPS) is 13.0. The maximum atomic E-state index is 14.1. The quantitative estimate of drug-likeness (QED) is 0.373. The molecule has 0 aliphatic carbocycles. The van der Waals surface area contributed by atoms with Crippen molar-refractivity contribution in [2.45, 2.75) is 78.1 Å². The number of amides is 3. The van der Waals surface area contributed by atoms with Crippen LogP contribution >= 0.6 is 0 Å². The molecule has 2 rings (SSSR count). The minimum absolute atomic E-state index is 0.00248. The van der Waals surface area contributed by atoms with Crippen molar-refractivity contribution in [2.24, 2.45) is 0 Å². The van der Waals surface area contributed by atoms with Crippen molar-refractivity contribution in [3.8, 4) is 17.6 Å². The molecule has 210 valence electrons. The molecule has 39 heavy (non-hydrogen) atoms. The summed E-state index contributed by atoms with van der Waals surface area (Å²) < 4.78 is 5.37. The zero-order valence-electron chi connectivity index (χ0n) is 23.5. The summed E-state index contributed by atoms with van der Waals surface area (Å²) in [6, 6.07) is 10.2. The zero-order chi connectivity index (χ0) is 29.5. The summed E-state index contributed by atoms with van der Waals surface area (Å²) in [4.78, 5) is 41.5. The second-order valence-corrected chi connectivity index (χ2v) is 11.4. The molecule has 10 heteroatoms. The Morgan fingerprint density at radius 3 is 2.15 bits per heavy atom. The predicted molar refractivity (Wildman–Crippen MR) is 146 cm³/mol. The molecule has 0 saturated carbocycles. The fourth-order valence-corrected chi connectivity index (χ4v) is 3.85. The number of nitrogens with zero attached hydrogens (tertiary/aromatic N) is 2. The van der Waals surface area contributed by atoms with Crippen LogP contribution in [0.5, 0.6) is 11.5 Å². The smallest absolute Gasteiger partial charge is 0.408 e. The minimum atomic E-state index is -1.24. The van der Waals surface area contributed by atoms with Crippen LogP contribution in [-0.4, -0.2) is 56.7 Å². The van der Waals surface area contributed by atoms with Crippen molar-refractivity contribution in [3.05, 3.63) is 59.2 Å². The van der Waals surface area contributed by atoms with Gasteiger partial charge in [-0.25, -0.2) is 4.79 Å². The first-order chi connectivity index (χ1) is 18.0. The van der Waals surface area contributed by atoms with Crippen LogP contribution in [0.15, 0.2) is 42.5 Å². The van der Waals surface area contributed by atoms with Gasteiger partial charge in [-0.2, -0.15) is 5.26 Å². The summed E-state index contributed by atoms with van der Waals surface area (Å²) in [5, 5.41) is 34.9. The summed E-state index contributed by atoms with van der Waals surface area (Å²) in [5.41, 5.74) is 0.00828. The summed E-state index contributed by atoms with van der Waals surface area (Å²) in [5.74, 6) is -1.16. The van der Waals surface area contributed by atoms with Gasteiger partial charge in [0.25, 0.3) is 0 Å². The number of rotatable bonds is 8. The third-order valence-corrected chi connectivity index (χ3v) is 5.48. The number of alkyl carbamates (subject to hydrolysis) is 1. The third-order valence-electron chi connectivity index (χ3n) is 5.48. The van der Waals surface area contributed by atoms with Crippen LogP contribution < -0.4 is 10.6 Å².